The molecule has 0 atom stereocenters. The van der Waals surface area contributed by atoms with Crippen molar-refractivity contribution < 1.29 is 0 Å². The number of nitriles is 1. The number of nitrogens with two attached hydrogens (primary N) is 1. The maximum atomic E-state index is 8.66. The summed E-state index contributed by atoms with van der Waals surface area (Å²) in [4.78, 5) is 4.05. The molecule has 0 aliphatic heterocycles. The van der Waals surface area contributed by atoms with Crippen molar-refractivity contribution in [3.8, 4) is 6.07 Å². The second-order valence-corrected chi connectivity index (χ2v) is 3.27. The van der Waals surface area contributed by atoms with Crippen LogP contribution >= 0.6 is 0 Å². The van der Waals surface area contributed by atoms with E-state index in [1.165, 1.54) is 6.20 Å². The summed E-state index contributed by atoms with van der Waals surface area (Å²) in [6, 6.07) is 5.35. The molecule has 0 spiro atoms. The Morgan fingerprint density at radius 3 is 2.94 bits per heavy atom. The number of rotatable bonds is 2. The smallest absolute Gasteiger partial charge is 0.154 e. The molecule has 0 unspecified atom stereocenters. The van der Waals surface area contributed by atoms with Gasteiger partial charge in [-0.05, 0) is 6.07 Å². The maximum absolute atomic E-state index is 8.66. The molecule has 3 N–H and O–H groups in total. The molecule has 0 fully saturated rings. The Kier molecular flexibility index (Phi) is 2.44. The second-order valence-electron chi connectivity index (χ2n) is 3.27. The molecule has 2 rings (SSSR count). The topological polar surface area (TPSA) is 92.5 Å². The van der Waals surface area contributed by atoms with Gasteiger partial charge in [-0.2, -0.15) is 10.4 Å². The molecule has 2 heterocycles. The van der Waals surface area contributed by atoms with Gasteiger partial charge < -0.3 is 11.1 Å². The molecule has 6 heteroatoms. The van der Waals surface area contributed by atoms with Crippen LogP contribution in [-0.4, -0.2) is 14.8 Å². The highest BCUT2D eigenvalue weighted by Crippen LogP contribution is 2.19. The third-order valence-corrected chi connectivity index (χ3v) is 2.01. The first kappa shape index (κ1) is 9.98. The van der Waals surface area contributed by atoms with Gasteiger partial charge in [0.15, 0.2) is 11.6 Å². The first-order valence-corrected chi connectivity index (χ1v) is 4.61. The van der Waals surface area contributed by atoms with Crippen LogP contribution in [0.3, 0.4) is 0 Å². The molecule has 0 bridgehead atoms. The summed E-state index contributed by atoms with van der Waals surface area (Å²) < 4.78 is 1.67. The highest BCUT2D eigenvalue weighted by atomic mass is 15.3. The minimum Gasteiger partial charge on any atom is -0.396 e. The van der Waals surface area contributed by atoms with E-state index < -0.39 is 0 Å². The van der Waals surface area contributed by atoms with E-state index in [0.29, 0.717) is 22.9 Å². The van der Waals surface area contributed by atoms with Crippen molar-refractivity contribution >= 4 is 17.3 Å². The van der Waals surface area contributed by atoms with Crippen molar-refractivity contribution in [1.29, 1.82) is 5.26 Å². The molecule has 80 valence electrons. The lowest BCUT2D eigenvalue weighted by Crippen LogP contribution is -2.00. The zero-order valence-corrected chi connectivity index (χ0v) is 8.68. The Balaban J connectivity index is 2.26. The van der Waals surface area contributed by atoms with Gasteiger partial charge in [-0.1, -0.05) is 0 Å². The van der Waals surface area contributed by atoms with Crippen LogP contribution in [-0.2, 0) is 7.05 Å². The van der Waals surface area contributed by atoms with Crippen LogP contribution in [0.15, 0.2) is 24.5 Å². The zero-order chi connectivity index (χ0) is 11.5. The molecule has 0 aliphatic rings. The lowest BCUT2D eigenvalue weighted by Gasteiger charge is -2.05. The van der Waals surface area contributed by atoms with Gasteiger partial charge in [-0.25, -0.2) is 4.98 Å². The Morgan fingerprint density at radius 1 is 1.56 bits per heavy atom. The van der Waals surface area contributed by atoms with Crippen LogP contribution < -0.4 is 11.1 Å². The molecular weight excluding hydrogens is 204 g/mol. The molecule has 2 aromatic heterocycles. The van der Waals surface area contributed by atoms with E-state index in [1.54, 1.807) is 16.8 Å². The number of nitrogens with one attached hydrogen (secondary N) is 1. The average molecular weight is 214 g/mol. The van der Waals surface area contributed by atoms with Crippen molar-refractivity contribution in [3.63, 3.8) is 0 Å². The van der Waals surface area contributed by atoms with E-state index in [4.69, 9.17) is 11.0 Å². The summed E-state index contributed by atoms with van der Waals surface area (Å²) in [5, 5.41) is 15.8. The van der Waals surface area contributed by atoms with Crippen molar-refractivity contribution in [2.75, 3.05) is 11.1 Å². The SMILES string of the molecule is Cn1ccc(Nc2ncc(C#N)cc2N)n1. The Bertz CT molecular complexity index is 551. The minimum atomic E-state index is 0.421. The maximum Gasteiger partial charge on any atom is 0.154 e. The van der Waals surface area contributed by atoms with Gasteiger partial charge in [0.2, 0.25) is 0 Å². The number of aromatic nitrogens is 3. The van der Waals surface area contributed by atoms with Crippen LogP contribution in [0.1, 0.15) is 5.56 Å². The Morgan fingerprint density at radius 2 is 2.38 bits per heavy atom. The number of aryl methyl sites for hydroxylation is 1. The van der Waals surface area contributed by atoms with Crippen molar-refractivity contribution in [1.82, 2.24) is 14.8 Å². The molecule has 0 aliphatic carbocycles. The molecular formula is C10H10N6. The summed E-state index contributed by atoms with van der Waals surface area (Å²) in [5.74, 6) is 1.16. The van der Waals surface area contributed by atoms with Gasteiger partial charge in [0.25, 0.3) is 0 Å². The molecule has 16 heavy (non-hydrogen) atoms. The first-order valence-electron chi connectivity index (χ1n) is 4.61. The highest BCUT2D eigenvalue weighted by Gasteiger charge is 2.04. The minimum absolute atomic E-state index is 0.421. The van der Waals surface area contributed by atoms with E-state index >= 15 is 0 Å². The largest absolute Gasteiger partial charge is 0.396 e. The molecule has 2 aromatic rings. The third-order valence-electron chi connectivity index (χ3n) is 2.01. The highest BCUT2D eigenvalue weighted by molar-refractivity contribution is 5.67. The lowest BCUT2D eigenvalue weighted by atomic mass is 10.3. The molecule has 6 nitrogen and oxygen atoms in total. The summed E-state index contributed by atoms with van der Waals surface area (Å²) >= 11 is 0. The Labute approximate surface area is 92.3 Å². The summed E-state index contributed by atoms with van der Waals surface area (Å²) in [6.45, 7) is 0. The van der Waals surface area contributed by atoms with Gasteiger partial charge in [0.05, 0.1) is 11.3 Å². The van der Waals surface area contributed by atoms with Gasteiger partial charge in [0.1, 0.15) is 6.07 Å². The number of nitrogens with zero attached hydrogens (tertiary/aromatic N) is 4. The fourth-order valence-corrected chi connectivity index (χ4v) is 1.25. The standard InChI is InChI=1S/C10H10N6/c1-16-3-2-9(15-16)14-10-8(12)4-7(5-11)6-13-10/h2-4,6H,12H2,1H3,(H,13,14,15). The predicted molar refractivity (Wildman–Crippen MR) is 59.9 cm³/mol. The van der Waals surface area contributed by atoms with Gasteiger partial charge in [-0.15, -0.1) is 0 Å². The number of nitrogen functional groups attached to an aromatic ring is 1. The Hall–Kier alpha value is -2.55. The summed E-state index contributed by atoms with van der Waals surface area (Å²) in [5.41, 5.74) is 6.60. The van der Waals surface area contributed by atoms with E-state index in [9.17, 15) is 0 Å². The average Bonchev–Trinajstić information content (AvgIpc) is 2.67. The summed E-state index contributed by atoms with van der Waals surface area (Å²) in [6.07, 6.45) is 3.27. The molecule has 0 saturated carbocycles. The molecule has 0 amide bonds. The third kappa shape index (κ3) is 1.93. The first-order chi connectivity index (χ1) is 7.69. The molecule has 0 radical (unpaired) electrons. The predicted octanol–water partition coefficient (Wildman–Crippen LogP) is 1.01. The second kappa shape index (κ2) is 3.90. The van der Waals surface area contributed by atoms with Crippen molar-refractivity contribution in [2.45, 2.75) is 0 Å². The molecule has 0 saturated heterocycles. The van der Waals surface area contributed by atoms with Crippen LogP contribution in [0.4, 0.5) is 17.3 Å². The van der Waals surface area contributed by atoms with Crippen LogP contribution in [0, 0.1) is 11.3 Å². The molecule has 0 aromatic carbocycles. The van der Waals surface area contributed by atoms with Gasteiger partial charge in [-0.3, -0.25) is 4.68 Å². The van der Waals surface area contributed by atoms with Crippen molar-refractivity contribution in [2.24, 2.45) is 7.05 Å². The number of anilines is 3. The van der Waals surface area contributed by atoms with Gasteiger partial charge >= 0.3 is 0 Å². The lowest BCUT2D eigenvalue weighted by molar-refractivity contribution is 0.771. The van der Waals surface area contributed by atoms with Crippen LogP contribution in [0.5, 0.6) is 0 Å². The normalized spacial score (nSPS) is 9.75. The number of pyridine rings is 1. The van der Waals surface area contributed by atoms with Crippen LogP contribution in [0.25, 0.3) is 0 Å². The fraction of sp³-hybridized carbons (Fsp3) is 0.100. The van der Waals surface area contributed by atoms with E-state index in [1.807, 2.05) is 19.3 Å². The van der Waals surface area contributed by atoms with E-state index in [-0.39, 0.29) is 0 Å². The number of hydrogen-bond acceptors (Lipinski definition) is 5. The van der Waals surface area contributed by atoms with E-state index in [2.05, 4.69) is 15.4 Å². The van der Waals surface area contributed by atoms with Gasteiger partial charge in [0, 0.05) is 25.5 Å². The van der Waals surface area contributed by atoms with Crippen LogP contribution in [0.2, 0.25) is 0 Å². The van der Waals surface area contributed by atoms with Crippen molar-refractivity contribution in [3.05, 3.63) is 30.1 Å². The monoisotopic (exact) mass is 214 g/mol. The van der Waals surface area contributed by atoms with E-state index in [0.717, 1.165) is 0 Å². The number of hydrogen-bond donors (Lipinski definition) is 2. The fourth-order valence-electron chi connectivity index (χ4n) is 1.25. The zero-order valence-electron chi connectivity index (χ0n) is 8.68. The quantitative estimate of drug-likeness (QED) is 0.778. The summed E-state index contributed by atoms with van der Waals surface area (Å²) in [7, 11) is 1.82.